The first kappa shape index (κ1) is 15.5. The molecule has 0 saturated heterocycles. The minimum absolute atomic E-state index is 0.0616. The lowest BCUT2D eigenvalue weighted by Crippen LogP contribution is -2.23. The number of fused-ring (bicyclic) bond motifs is 1. The zero-order valence-corrected chi connectivity index (χ0v) is 14.1. The molecule has 8 heteroatoms. The van der Waals surface area contributed by atoms with Crippen LogP contribution in [0.25, 0.3) is 21.0 Å². The van der Waals surface area contributed by atoms with E-state index in [9.17, 15) is 4.79 Å². The van der Waals surface area contributed by atoms with Gasteiger partial charge in [-0.05, 0) is 24.3 Å². The quantitative estimate of drug-likeness (QED) is 0.576. The fourth-order valence-corrected chi connectivity index (χ4v) is 3.33. The van der Waals surface area contributed by atoms with Crippen molar-refractivity contribution >= 4 is 27.5 Å². The van der Waals surface area contributed by atoms with E-state index in [2.05, 4.69) is 20.4 Å². The standard InChI is InChI=1S/C17H15N5O2S/c23-16(7-8-22-11-18-10-20-22)19-9-12-5-6-14(24-12)17-21-13-3-1-2-4-15(13)25-17/h1-6,10-11H,7-9H2,(H,19,23). The van der Waals surface area contributed by atoms with Gasteiger partial charge in [0.1, 0.15) is 18.4 Å². The van der Waals surface area contributed by atoms with Gasteiger partial charge in [0.2, 0.25) is 5.91 Å². The molecule has 0 unspecified atom stereocenters. The molecule has 1 aromatic carbocycles. The van der Waals surface area contributed by atoms with Crippen molar-refractivity contribution in [2.24, 2.45) is 0 Å². The summed E-state index contributed by atoms with van der Waals surface area (Å²) < 4.78 is 8.55. The SMILES string of the molecule is O=C(CCn1cncn1)NCc1ccc(-c2nc3ccccc3s2)o1. The first-order chi connectivity index (χ1) is 12.3. The van der Waals surface area contributed by atoms with Crippen LogP contribution in [-0.4, -0.2) is 25.7 Å². The molecule has 7 nitrogen and oxygen atoms in total. The first-order valence-electron chi connectivity index (χ1n) is 7.82. The van der Waals surface area contributed by atoms with Gasteiger partial charge in [0.25, 0.3) is 0 Å². The molecule has 0 aliphatic rings. The Hall–Kier alpha value is -3.00. The molecular weight excluding hydrogens is 338 g/mol. The molecule has 0 aliphatic heterocycles. The Morgan fingerprint density at radius 3 is 3.00 bits per heavy atom. The number of nitrogens with one attached hydrogen (secondary N) is 1. The van der Waals surface area contributed by atoms with Gasteiger partial charge in [-0.25, -0.2) is 9.97 Å². The van der Waals surface area contributed by atoms with Crippen molar-refractivity contribution < 1.29 is 9.21 Å². The van der Waals surface area contributed by atoms with E-state index in [0.29, 0.717) is 31.0 Å². The molecule has 25 heavy (non-hydrogen) atoms. The minimum Gasteiger partial charge on any atom is -0.457 e. The van der Waals surface area contributed by atoms with Crippen LogP contribution < -0.4 is 5.32 Å². The van der Waals surface area contributed by atoms with Gasteiger partial charge >= 0.3 is 0 Å². The molecular formula is C17H15N5O2S. The highest BCUT2D eigenvalue weighted by atomic mass is 32.1. The number of rotatable bonds is 6. The lowest BCUT2D eigenvalue weighted by Gasteiger charge is -2.03. The van der Waals surface area contributed by atoms with Crippen LogP contribution in [0.2, 0.25) is 0 Å². The third kappa shape index (κ3) is 3.58. The number of furan rings is 1. The number of benzene rings is 1. The van der Waals surface area contributed by atoms with Gasteiger partial charge in [-0.15, -0.1) is 11.3 Å². The topological polar surface area (TPSA) is 85.8 Å². The summed E-state index contributed by atoms with van der Waals surface area (Å²) in [5, 5.41) is 7.64. The summed E-state index contributed by atoms with van der Waals surface area (Å²) >= 11 is 1.59. The molecule has 4 rings (SSSR count). The van der Waals surface area contributed by atoms with Crippen LogP contribution in [0.4, 0.5) is 0 Å². The molecule has 4 aromatic rings. The minimum atomic E-state index is -0.0616. The molecule has 0 radical (unpaired) electrons. The highest BCUT2D eigenvalue weighted by Crippen LogP contribution is 2.31. The van der Waals surface area contributed by atoms with Crippen molar-refractivity contribution in [3.8, 4) is 10.8 Å². The lowest BCUT2D eigenvalue weighted by molar-refractivity contribution is -0.121. The summed E-state index contributed by atoms with van der Waals surface area (Å²) in [6.45, 7) is 0.849. The molecule has 1 N–H and O–H groups in total. The van der Waals surface area contributed by atoms with Crippen LogP contribution >= 0.6 is 11.3 Å². The summed E-state index contributed by atoms with van der Waals surface area (Å²) in [5.41, 5.74) is 0.960. The summed E-state index contributed by atoms with van der Waals surface area (Å²) in [6, 6.07) is 11.7. The van der Waals surface area contributed by atoms with Crippen LogP contribution in [0.3, 0.4) is 0 Å². The molecule has 0 bridgehead atoms. The number of para-hydroxylation sites is 1. The van der Waals surface area contributed by atoms with E-state index in [-0.39, 0.29) is 5.91 Å². The van der Waals surface area contributed by atoms with Gasteiger partial charge in [0.15, 0.2) is 10.8 Å². The van der Waals surface area contributed by atoms with Gasteiger partial charge in [-0.2, -0.15) is 5.10 Å². The molecule has 126 valence electrons. The summed E-state index contributed by atoms with van der Waals surface area (Å²) in [4.78, 5) is 20.3. The molecule has 1 amide bonds. The molecule has 0 aliphatic carbocycles. The van der Waals surface area contributed by atoms with Crippen molar-refractivity contribution in [1.82, 2.24) is 25.1 Å². The number of hydrogen-bond donors (Lipinski definition) is 1. The van der Waals surface area contributed by atoms with Crippen molar-refractivity contribution in [3.63, 3.8) is 0 Å². The number of hydrogen-bond acceptors (Lipinski definition) is 6. The van der Waals surface area contributed by atoms with Crippen LogP contribution in [0.1, 0.15) is 12.2 Å². The van der Waals surface area contributed by atoms with Crippen LogP contribution in [-0.2, 0) is 17.9 Å². The van der Waals surface area contributed by atoms with Gasteiger partial charge in [-0.1, -0.05) is 12.1 Å². The smallest absolute Gasteiger partial charge is 0.222 e. The lowest BCUT2D eigenvalue weighted by atomic mass is 10.3. The highest BCUT2D eigenvalue weighted by Gasteiger charge is 2.11. The maximum Gasteiger partial charge on any atom is 0.222 e. The number of amides is 1. The average molecular weight is 353 g/mol. The molecule has 3 aromatic heterocycles. The fraction of sp³-hybridized carbons (Fsp3) is 0.176. The van der Waals surface area contributed by atoms with Crippen LogP contribution in [0.15, 0.2) is 53.5 Å². The van der Waals surface area contributed by atoms with Crippen LogP contribution in [0, 0.1) is 0 Å². The van der Waals surface area contributed by atoms with E-state index < -0.39 is 0 Å². The Bertz CT molecular complexity index is 956. The monoisotopic (exact) mass is 353 g/mol. The van der Waals surface area contributed by atoms with Crippen molar-refractivity contribution in [2.75, 3.05) is 0 Å². The Labute approximate surface area is 147 Å². The summed E-state index contributed by atoms with van der Waals surface area (Å²) in [7, 11) is 0. The first-order valence-corrected chi connectivity index (χ1v) is 8.63. The number of aryl methyl sites for hydroxylation is 1. The molecule has 0 spiro atoms. The Kier molecular flexibility index (Phi) is 4.26. The average Bonchev–Trinajstić information content (AvgIpc) is 3.38. The molecule has 3 heterocycles. The second-order valence-electron chi connectivity index (χ2n) is 5.44. The van der Waals surface area contributed by atoms with Crippen molar-refractivity contribution in [1.29, 1.82) is 0 Å². The van der Waals surface area contributed by atoms with Crippen molar-refractivity contribution in [3.05, 3.63) is 54.8 Å². The molecule has 0 atom stereocenters. The van der Waals surface area contributed by atoms with E-state index in [1.165, 1.54) is 6.33 Å². The van der Waals surface area contributed by atoms with E-state index in [1.54, 1.807) is 22.3 Å². The van der Waals surface area contributed by atoms with E-state index in [4.69, 9.17) is 4.42 Å². The maximum absolute atomic E-state index is 11.9. The third-order valence-electron chi connectivity index (χ3n) is 3.66. The van der Waals surface area contributed by atoms with E-state index >= 15 is 0 Å². The second kappa shape index (κ2) is 6.86. The number of thiazole rings is 1. The van der Waals surface area contributed by atoms with E-state index in [0.717, 1.165) is 15.2 Å². The normalized spacial score (nSPS) is 11.0. The molecule has 0 fully saturated rings. The number of aromatic nitrogens is 4. The van der Waals surface area contributed by atoms with Gasteiger partial charge < -0.3 is 9.73 Å². The zero-order valence-electron chi connectivity index (χ0n) is 13.3. The van der Waals surface area contributed by atoms with Gasteiger partial charge in [0, 0.05) is 6.42 Å². The third-order valence-corrected chi connectivity index (χ3v) is 4.71. The van der Waals surface area contributed by atoms with Crippen molar-refractivity contribution in [2.45, 2.75) is 19.5 Å². The maximum atomic E-state index is 11.9. The summed E-state index contributed by atoms with van der Waals surface area (Å²) in [5.74, 6) is 1.35. The number of carbonyl (C=O) groups excluding carboxylic acids is 1. The number of nitrogens with zero attached hydrogens (tertiary/aromatic N) is 4. The predicted octanol–water partition coefficient (Wildman–Crippen LogP) is 2.85. The van der Waals surface area contributed by atoms with Gasteiger partial charge in [0.05, 0.1) is 23.3 Å². The predicted molar refractivity (Wildman–Crippen MR) is 93.8 cm³/mol. The second-order valence-corrected chi connectivity index (χ2v) is 6.47. The largest absolute Gasteiger partial charge is 0.457 e. The summed E-state index contributed by atoms with van der Waals surface area (Å²) in [6.07, 6.45) is 3.38. The highest BCUT2D eigenvalue weighted by molar-refractivity contribution is 7.21. The Morgan fingerprint density at radius 1 is 1.24 bits per heavy atom. The van der Waals surface area contributed by atoms with Crippen LogP contribution in [0.5, 0.6) is 0 Å². The number of carbonyl (C=O) groups is 1. The van der Waals surface area contributed by atoms with Gasteiger partial charge in [-0.3, -0.25) is 9.48 Å². The fourth-order valence-electron chi connectivity index (χ4n) is 2.40. The zero-order chi connectivity index (χ0) is 17.1. The Balaban J connectivity index is 1.35. The Morgan fingerprint density at radius 2 is 2.16 bits per heavy atom. The van der Waals surface area contributed by atoms with E-state index in [1.807, 2.05) is 36.4 Å². The molecule has 0 saturated carbocycles.